The lowest BCUT2D eigenvalue weighted by Crippen LogP contribution is -2.43. The first-order valence-corrected chi connectivity index (χ1v) is 10.4. The van der Waals surface area contributed by atoms with Crippen LogP contribution in [0.2, 0.25) is 5.02 Å². The third-order valence-electron chi connectivity index (χ3n) is 5.55. The zero-order chi connectivity index (χ0) is 19.2. The van der Waals surface area contributed by atoms with Crippen molar-refractivity contribution < 1.29 is 14.3 Å². The van der Waals surface area contributed by atoms with Gasteiger partial charge in [-0.1, -0.05) is 11.6 Å². The van der Waals surface area contributed by atoms with Crippen molar-refractivity contribution >= 4 is 23.4 Å². The van der Waals surface area contributed by atoms with Crippen LogP contribution in [0, 0.1) is 12.8 Å². The van der Waals surface area contributed by atoms with E-state index >= 15 is 0 Å². The van der Waals surface area contributed by atoms with Gasteiger partial charge in [-0.3, -0.25) is 9.59 Å². The molecule has 0 bridgehead atoms. The van der Waals surface area contributed by atoms with Crippen LogP contribution in [0.25, 0.3) is 0 Å². The quantitative estimate of drug-likeness (QED) is 0.694. The Hall–Kier alpha value is -1.75. The van der Waals surface area contributed by atoms with Crippen molar-refractivity contribution in [2.75, 3.05) is 32.8 Å². The second kappa shape index (κ2) is 9.45. The molecule has 5 nitrogen and oxygen atoms in total. The van der Waals surface area contributed by atoms with Gasteiger partial charge in [0.2, 0.25) is 11.8 Å². The minimum Gasteiger partial charge on any atom is -0.494 e. The van der Waals surface area contributed by atoms with Crippen molar-refractivity contribution in [3.05, 3.63) is 28.8 Å². The molecular weight excluding hydrogens is 364 g/mol. The Morgan fingerprint density at radius 3 is 2.48 bits per heavy atom. The number of rotatable bonds is 6. The highest BCUT2D eigenvalue weighted by Gasteiger charge is 2.30. The molecule has 1 aromatic rings. The molecule has 0 spiro atoms. The summed E-state index contributed by atoms with van der Waals surface area (Å²) in [7, 11) is 0. The van der Waals surface area contributed by atoms with Crippen LogP contribution in [0.15, 0.2) is 18.2 Å². The van der Waals surface area contributed by atoms with Crippen LogP contribution in [-0.2, 0) is 9.59 Å². The second-order valence-electron chi connectivity index (χ2n) is 7.55. The molecule has 3 rings (SSSR count). The van der Waals surface area contributed by atoms with Crippen molar-refractivity contribution in [3.63, 3.8) is 0 Å². The number of benzene rings is 1. The largest absolute Gasteiger partial charge is 0.494 e. The number of carbonyl (C=O) groups excluding carboxylic acids is 2. The number of hydrogen-bond acceptors (Lipinski definition) is 3. The molecule has 0 saturated carbocycles. The van der Waals surface area contributed by atoms with Gasteiger partial charge in [0.15, 0.2) is 0 Å². The first-order valence-electron chi connectivity index (χ1n) is 10.00. The molecular formula is C21H29ClN2O3. The molecule has 0 atom stereocenters. The summed E-state index contributed by atoms with van der Waals surface area (Å²) in [4.78, 5) is 28.8. The summed E-state index contributed by atoms with van der Waals surface area (Å²) in [6, 6.07) is 5.58. The molecule has 2 aliphatic heterocycles. The minimum atomic E-state index is 0.101. The van der Waals surface area contributed by atoms with Crippen LogP contribution in [0.5, 0.6) is 5.75 Å². The van der Waals surface area contributed by atoms with Crippen molar-refractivity contribution in [3.8, 4) is 5.75 Å². The van der Waals surface area contributed by atoms with Gasteiger partial charge in [-0.05, 0) is 62.8 Å². The Morgan fingerprint density at radius 2 is 1.81 bits per heavy atom. The van der Waals surface area contributed by atoms with E-state index in [1.807, 2.05) is 34.9 Å². The summed E-state index contributed by atoms with van der Waals surface area (Å²) in [5.74, 6) is 1.35. The van der Waals surface area contributed by atoms with Gasteiger partial charge >= 0.3 is 0 Å². The summed E-state index contributed by atoms with van der Waals surface area (Å²) < 4.78 is 5.71. The van der Waals surface area contributed by atoms with Crippen molar-refractivity contribution in [2.24, 2.45) is 5.92 Å². The monoisotopic (exact) mass is 392 g/mol. The molecule has 2 fully saturated rings. The molecule has 2 heterocycles. The van der Waals surface area contributed by atoms with Crippen molar-refractivity contribution in [1.82, 2.24) is 9.80 Å². The molecule has 0 N–H and O–H groups in total. The molecule has 2 amide bonds. The maximum Gasteiger partial charge on any atom is 0.225 e. The van der Waals surface area contributed by atoms with Gasteiger partial charge in [-0.25, -0.2) is 0 Å². The van der Waals surface area contributed by atoms with Gasteiger partial charge in [0, 0.05) is 43.5 Å². The fourth-order valence-corrected chi connectivity index (χ4v) is 3.97. The predicted octanol–water partition coefficient (Wildman–Crippen LogP) is 3.67. The van der Waals surface area contributed by atoms with E-state index < -0.39 is 0 Å². The van der Waals surface area contributed by atoms with Gasteiger partial charge in [0.25, 0.3) is 0 Å². The van der Waals surface area contributed by atoms with Crippen LogP contribution in [0.3, 0.4) is 0 Å². The molecule has 0 unspecified atom stereocenters. The number of piperidine rings is 1. The van der Waals surface area contributed by atoms with Crippen molar-refractivity contribution in [2.45, 2.75) is 45.4 Å². The third kappa shape index (κ3) is 5.38. The number of ether oxygens (including phenoxy) is 1. The average Bonchev–Trinajstić information content (AvgIpc) is 3.22. The van der Waals surface area contributed by atoms with E-state index in [-0.39, 0.29) is 11.8 Å². The van der Waals surface area contributed by atoms with Crippen LogP contribution in [0.1, 0.15) is 44.1 Å². The van der Waals surface area contributed by atoms with Crippen LogP contribution in [0.4, 0.5) is 0 Å². The van der Waals surface area contributed by atoms with Gasteiger partial charge in [0.1, 0.15) is 5.75 Å². The maximum atomic E-state index is 12.5. The summed E-state index contributed by atoms with van der Waals surface area (Å²) in [5, 5.41) is 0.726. The van der Waals surface area contributed by atoms with Crippen LogP contribution in [-0.4, -0.2) is 54.4 Å². The van der Waals surface area contributed by atoms with E-state index in [2.05, 4.69) is 0 Å². The number of halogens is 1. The van der Waals surface area contributed by atoms with E-state index in [0.29, 0.717) is 38.4 Å². The van der Waals surface area contributed by atoms with E-state index in [0.717, 1.165) is 55.1 Å². The Kier molecular flexibility index (Phi) is 7.00. The third-order valence-corrected chi connectivity index (χ3v) is 5.97. The van der Waals surface area contributed by atoms with E-state index in [1.165, 1.54) is 0 Å². The zero-order valence-corrected chi connectivity index (χ0v) is 16.8. The maximum absolute atomic E-state index is 12.5. The Morgan fingerprint density at radius 1 is 1.11 bits per heavy atom. The molecule has 2 aliphatic rings. The molecule has 0 radical (unpaired) electrons. The second-order valence-corrected chi connectivity index (χ2v) is 7.96. The lowest BCUT2D eigenvalue weighted by atomic mass is 9.95. The van der Waals surface area contributed by atoms with Gasteiger partial charge in [-0.2, -0.15) is 0 Å². The molecule has 2 saturated heterocycles. The highest BCUT2D eigenvalue weighted by atomic mass is 35.5. The van der Waals surface area contributed by atoms with Gasteiger partial charge < -0.3 is 14.5 Å². The summed E-state index contributed by atoms with van der Waals surface area (Å²) in [6.45, 7) is 5.66. The Labute approximate surface area is 166 Å². The standard InChI is InChI=1S/C21H29ClN2O3/c1-16-15-18(6-7-19(16)22)27-14-4-5-20(25)23-12-8-17(9-13-23)21(26)24-10-2-3-11-24/h6-7,15,17H,2-5,8-14H2,1H3. The van der Waals surface area contributed by atoms with E-state index in [4.69, 9.17) is 16.3 Å². The van der Waals surface area contributed by atoms with Gasteiger partial charge in [0.05, 0.1) is 6.61 Å². The smallest absolute Gasteiger partial charge is 0.225 e. The van der Waals surface area contributed by atoms with Crippen LogP contribution < -0.4 is 4.74 Å². The fourth-order valence-electron chi connectivity index (χ4n) is 3.85. The number of amides is 2. The minimum absolute atomic E-state index is 0.101. The number of likely N-dealkylation sites (tertiary alicyclic amines) is 2. The summed E-state index contributed by atoms with van der Waals surface area (Å²) in [5.41, 5.74) is 0.983. The van der Waals surface area contributed by atoms with E-state index in [1.54, 1.807) is 0 Å². The molecule has 0 aliphatic carbocycles. The lowest BCUT2D eigenvalue weighted by Gasteiger charge is -2.33. The topological polar surface area (TPSA) is 49.9 Å². The first-order chi connectivity index (χ1) is 13.0. The predicted molar refractivity (Wildman–Crippen MR) is 106 cm³/mol. The lowest BCUT2D eigenvalue weighted by molar-refractivity contribution is -0.140. The summed E-state index contributed by atoms with van der Waals surface area (Å²) >= 11 is 6.01. The number of aryl methyl sites for hydroxylation is 1. The zero-order valence-electron chi connectivity index (χ0n) is 16.1. The number of nitrogens with zero attached hydrogens (tertiary/aromatic N) is 2. The molecule has 6 heteroatoms. The average molecular weight is 393 g/mol. The van der Waals surface area contributed by atoms with Crippen LogP contribution >= 0.6 is 11.6 Å². The highest BCUT2D eigenvalue weighted by molar-refractivity contribution is 6.31. The number of carbonyl (C=O) groups is 2. The normalized spacial score (nSPS) is 18.0. The molecule has 148 valence electrons. The van der Waals surface area contributed by atoms with Gasteiger partial charge in [-0.15, -0.1) is 0 Å². The van der Waals surface area contributed by atoms with Crippen molar-refractivity contribution in [1.29, 1.82) is 0 Å². The highest BCUT2D eigenvalue weighted by Crippen LogP contribution is 2.23. The molecule has 27 heavy (non-hydrogen) atoms. The fraction of sp³-hybridized carbons (Fsp3) is 0.619. The molecule has 1 aromatic carbocycles. The summed E-state index contributed by atoms with van der Waals surface area (Å²) in [6.07, 6.45) is 5.01. The number of hydrogen-bond donors (Lipinski definition) is 0. The SMILES string of the molecule is Cc1cc(OCCCC(=O)N2CCC(C(=O)N3CCCC3)CC2)ccc1Cl. The van der Waals surface area contributed by atoms with E-state index in [9.17, 15) is 9.59 Å². The Balaban J connectivity index is 1.34. The Bertz CT molecular complexity index is 665. The first kappa shape index (κ1) is 20.0. The molecule has 0 aromatic heterocycles.